The Balaban J connectivity index is 1.87. The summed E-state index contributed by atoms with van der Waals surface area (Å²) in [6.07, 6.45) is 4.38. The Labute approximate surface area is 85.3 Å². The fraction of sp³-hybridized carbons (Fsp3) is 0.333. The molecule has 1 unspecified atom stereocenters. The smallest absolute Gasteiger partial charge is 0.283 e. The molecule has 1 aliphatic heterocycles. The molecule has 6 heteroatoms. The van der Waals surface area contributed by atoms with E-state index in [1.54, 1.807) is 12.5 Å². The van der Waals surface area contributed by atoms with Crippen LogP contribution in [0.15, 0.2) is 27.6 Å². The maximum absolute atomic E-state index is 5.39. The first-order chi connectivity index (χ1) is 7.43. The van der Waals surface area contributed by atoms with Crippen molar-refractivity contribution in [3.8, 4) is 11.8 Å². The summed E-state index contributed by atoms with van der Waals surface area (Å²) in [4.78, 5) is 8.17. The van der Waals surface area contributed by atoms with Crippen LogP contribution < -0.4 is 5.32 Å². The standard InChI is InChI=1S/C9H9N3O3/c1-3-13-7(10-1)6-5-15-9(12-6)8-11-2-4-14-8/h2,4-5,7,10H,1,3H2. The summed E-state index contributed by atoms with van der Waals surface area (Å²) in [5.74, 6) is 0.742. The summed E-state index contributed by atoms with van der Waals surface area (Å²) >= 11 is 0. The highest BCUT2D eigenvalue weighted by Gasteiger charge is 2.21. The minimum Gasteiger partial charge on any atom is -0.441 e. The number of rotatable bonds is 2. The molecule has 0 bridgehead atoms. The van der Waals surface area contributed by atoms with Crippen molar-refractivity contribution in [3.63, 3.8) is 0 Å². The second-order valence-corrected chi connectivity index (χ2v) is 3.12. The van der Waals surface area contributed by atoms with Gasteiger partial charge < -0.3 is 13.6 Å². The molecule has 0 aromatic carbocycles. The molecule has 0 spiro atoms. The van der Waals surface area contributed by atoms with Crippen LogP contribution >= 0.6 is 0 Å². The van der Waals surface area contributed by atoms with Crippen molar-refractivity contribution in [1.82, 2.24) is 15.3 Å². The normalized spacial score (nSPS) is 20.9. The number of nitrogens with zero attached hydrogens (tertiary/aromatic N) is 2. The zero-order valence-corrected chi connectivity index (χ0v) is 7.84. The minimum atomic E-state index is -0.183. The van der Waals surface area contributed by atoms with Gasteiger partial charge in [0.2, 0.25) is 0 Å². The van der Waals surface area contributed by atoms with Gasteiger partial charge in [-0.05, 0) is 0 Å². The predicted molar refractivity (Wildman–Crippen MR) is 48.7 cm³/mol. The first-order valence-electron chi connectivity index (χ1n) is 4.64. The van der Waals surface area contributed by atoms with Gasteiger partial charge in [-0.1, -0.05) is 0 Å². The summed E-state index contributed by atoms with van der Waals surface area (Å²) in [6.45, 7) is 1.51. The molecule has 1 saturated heterocycles. The van der Waals surface area contributed by atoms with E-state index >= 15 is 0 Å². The van der Waals surface area contributed by atoms with E-state index in [0.29, 0.717) is 24.1 Å². The fourth-order valence-electron chi connectivity index (χ4n) is 1.45. The molecule has 15 heavy (non-hydrogen) atoms. The van der Waals surface area contributed by atoms with Gasteiger partial charge >= 0.3 is 0 Å². The second kappa shape index (κ2) is 3.48. The second-order valence-electron chi connectivity index (χ2n) is 3.12. The number of nitrogens with one attached hydrogen (secondary N) is 1. The van der Waals surface area contributed by atoms with Gasteiger partial charge in [0.1, 0.15) is 18.2 Å². The van der Waals surface area contributed by atoms with E-state index in [0.717, 1.165) is 6.54 Å². The Hall–Kier alpha value is -1.66. The van der Waals surface area contributed by atoms with E-state index < -0.39 is 0 Å². The summed E-state index contributed by atoms with van der Waals surface area (Å²) in [7, 11) is 0. The molecule has 2 aromatic rings. The van der Waals surface area contributed by atoms with Crippen LogP contribution in [0, 0.1) is 0 Å². The molecule has 0 aliphatic carbocycles. The van der Waals surface area contributed by atoms with Crippen LogP contribution in [0.3, 0.4) is 0 Å². The lowest BCUT2D eigenvalue weighted by Gasteiger charge is -2.03. The Morgan fingerprint density at radius 2 is 2.33 bits per heavy atom. The Morgan fingerprint density at radius 1 is 1.33 bits per heavy atom. The van der Waals surface area contributed by atoms with Crippen LogP contribution in [0.4, 0.5) is 0 Å². The number of oxazole rings is 2. The van der Waals surface area contributed by atoms with Crippen LogP contribution in [-0.4, -0.2) is 23.1 Å². The van der Waals surface area contributed by atoms with Gasteiger partial charge in [-0.15, -0.1) is 0 Å². The molecule has 6 nitrogen and oxygen atoms in total. The van der Waals surface area contributed by atoms with Gasteiger partial charge in [0, 0.05) is 6.54 Å². The van der Waals surface area contributed by atoms with Crippen molar-refractivity contribution in [2.75, 3.05) is 13.2 Å². The first-order valence-corrected chi connectivity index (χ1v) is 4.64. The SMILES string of the molecule is c1coc(-c2nc(C3NCCO3)co2)n1. The lowest BCUT2D eigenvalue weighted by Crippen LogP contribution is -2.14. The third-order valence-corrected chi connectivity index (χ3v) is 2.12. The lowest BCUT2D eigenvalue weighted by molar-refractivity contribution is 0.0984. The molecular formula is C9H9N3O3. The van der Waals surface area contributed by atoms with Gasteiger partial charge in [-0.25, -0.2) is 9.97 Å². The van der Waals surface area contributed by atoms with Crippen molar-refractivity contribution >= 4 is 0 Å². The topological polar surface area (TPSA) is 73.3 Å². The lowest BCUT2D eigenvalue weighted by atomic mass is 10.4. The summed E-state index contributed by atoms with van der Waals surface area (Å²) < 4.78 is 15.7. The molecule has 78 valence electrons. The Bertz CT molecular complexity index is 431. The van der Waals surface area contributed by atoms with Gasteiger partial charge in [-0.3, -0.25) is 5.32 Å². The molecule has 1 fully saturated rings. The molecule has 2 aromatic heterocycles. The average Bonchev–Trinajstić information content (AvgIpc) is 3.02. The van der Waals surface area contributed by atoms with Gasteiger partial charge in [-0.2, -0.15) is 0 Å². The summed E-state index contributed by atoms with van der Waals surface area (Å²) in [6, 6.07) is 0. The third kappa shape index (κ3) is 1.53. The van der Waals surface area contributed by atoms with Crippen molar-refractivity contribution in [2.24, 2.45) is 0 Å². The average molecular weight is 207 g/mol. The number of hydrogen-bond acceptors (Lipinski definition) is 6. The van der Waals surface area contributed by atoms with E-state index in [1.807, 2.05) is 0 Å². The first kappa shape index (κ1) is 8.63. The summed E-state index contributed by atoms with van der Waals surface area (Å²) in [5.41, 5.74) is 0.709. The fourth-order valence-corrected chi connectivity index (χ4v) is 1.45. The zero-order valence-electron chi connectivity index (χ0n) is 7.84. The van der Waals surface area contributed by atoms with Crippen molar-refractivity contribution in [3.05, 3.63) is 24.4 Å². The molecule has 0 amide bonds. The van der Waals surface area contributed by atoms with Gasteiger partial charge in [0.15, 0.2) is 6.23 Å². The largest absolute Gasteiger partial charge is 0.441 e. The van der Waals surface area contributed by atoms with Crippen molar-refractivity contribution in [1.29, 1.82) is 0 Å². The number of aromatic nitrogens is 2. The van der Waals surface area contributed by atoms with E-state index in [4.69, 9.17) is 13.6 Å². The molecule has 3 heterocycles. The molecule has 1 aliphatic rings. The van der Waals surface area contributed by atoms with E-state index in [2.05, 4.69) is 15.3 Å². The van der Waals surface area contributed by atoms with Crippen LogP contribution in [0.1, 0.15) is 11.9 Å². The molecule has 3 rings (SSSR count). The number of hydrogen-bond donors (Lipinski definition) is 1. The van der Waals surface area contributed by atoms with Crippen LogP contribution in [0.2, 0.25) is 0 Å². The molecular weight excluding hydrogens is 198 g/mol. The van der Waals surface area contributed by atoms with E-state index in [9.17, 15) is 0 Å². The molecule has 1 N–H and O–H groups in total. The van der Waals surface area contributed by atoms with Crippen LogP contribution in [0.5, 0.6) is 0 Å². The highest BCUT2D eigenvalue weighted by Crippen LogP contribution is 2.21. The number of ether oxygens (including phenoxy) is 1. The summed E-state index contributed by atoms with van der Waals surface area (Å²) in [5, 5.41) is 3.14. The highest BCUT2D eigenvalue weighted by molar-refractivity contribution is 5.36. The van der Waals surface area contributed by atoms with Crippen LogP contribution in [0.25, 0.3) is 11.8 Å². The third-order valence-electron chi connectivity index (χ3n) is 2.12. The van der Waals surface area contributed by atoms with Crippen molar-refractivity contribution in [2.45, 2.75) is 6.23 Å². The van der Waals surface area contributed by atoms with Crippen molar-refractivity contribution < 1.29 is 13.6 Å². The van der Waals surface area contributed by atoms with Gasteiger partial charge in [0.25, 0.3) is 11.8 Å². The molecule has 0 radical (unpaired) electrons. The maximum Gasteiger partial charge on any atom is 0.283 e. The van der Waals surface area contributed by atoms with E-state index in [1.165, 1.54) is 6.26 Å². The molecule has 0 saturated carbocycles. The predicted octanol–water partition coefficient (Wildman–Crippen LogP) is 0.948. The van der Waals surface area contributed by atoms with Crippen LogP contribution in [-0.2, 0) is 4.74 Å². The quantitative estimate of drug-likeness (QED) is 0.790. The minimum absolute atomic E-state index is 0.183. The highest BCUT2D eigenvalue weighted by atomic mass is 16.5. The molecule has 1 atom stereocenters. The Morgan fingerprint density at radius 3 is 3.07 bits per heavy atom. The monoisotopic (exact) mass is 207 g/mol. The Kier molecular flexibility index (Phi) is 2.01. The van der Waals surface area contributed by atoms with Gasteiger partial charge in [0.05, 0.1) is 12.8 Å². The van der Waals surface area contributed by atoms with E-state index in [-0.39, 0.29) is 6.23 Å². The maximum atomic E-state index is 5.39. The zero-order chi connectivity index (χ0) is 10.1.